The molecule has 0 fully saturated rings. The molecule has 28 heavy (non-hydrogen) atoms. The number of hydrogen-bond donors (Lipinski definition) is 0. The van der Waals surface area contributed by atoms with Crippen LogP contribution >= 0.6 is 11.3 Å². The summed E-state index contributed by atoms with van der Waals surface area (Å²) in [6.45, 7) is 4.01. The van der Waals surface area contributed by atoms with Crippen molar-refractivity contribution in [2.75, 3.05) is 0 Å². The number of ketones is 1. The lowest BCUT2D eigenvalue weighted by molar-refractivity contribution is -0.117. The van der Waals surface area contributed by atoms with Crippen molar-refractivity contribution in [3.05, 3.63) is 75.1 Å². The molecular formula is C23H22N2O2S. The summed E-state index contributed by atoms with van der Waals surface area (Å²) < 4.78 is 1.69. The summed E-state index contributed by atoms with van der Waals surface area (Å²) in [4.78, 5) is 31.5. The third-order valence-corrected chi connectivity index (χ3v) is 6.22. The first-order valence-corrected chi connectivity index (χ1v) is 10.4. The lowest BCUT2D eigenvalue weighted by Gasteiger charge is -2.13. The van der Waals surface area contributed by atoms with Gasteiger partial charge in [0.1, 0.15) is 16.4 Å². The first-order valence-electron chi connectivity index (χ1n) is 9.55. The number of hydrogen-bond acceptors (Lipinski definition) is 4. The van der Waals surface area contributed by atoms with E-state index in [4.69, 9.17) is 4.98 Å². The molecule has 0 aliphatic heterocycles. The zero-order chi connectivity index (χ0) is 19.7. The van der Waals surface area contributed by atoms with Gasteiger partial charge in [0.05, 0.1) is 5.39 Å². The minimum atomic E-state index is -0.0440. The Balaban J connectivity index is 1.87. The lowest BCUT2D eigenvalue weighted by Crippen LogP contribution is -2.26. The second-order valence-electron chi connectivity index (χ2n) is 7.04. The van der Waals surface area contributed by atoms with Gasteiger partial charge < -0.3 is 0 Å². The van der Waals surface area contributed by atoms with Crippen LogP contribution in [0.25, 0.3) is 21.0 Å². The standard InChI is InChI=1S/C23H22N2O2S/c1-3-18-14-20-22(28-18)24-21(25(23(20)27)12-11-15(2)26)13-17-9-6-8-16-7-4-5-10-19(16)17/h4-10,14H,3,11-13H2,1-2H3. The van der Waals surface area contributed by atoms with Gasteiger partial charge >= 0.3 is 0 Å². The third kappa shape index (κ3) is 3.50. The van der Waals surface area contributed by atoms with E-state index in [1.165, 1.54) is 5.39 Å². The molecule has 0 radical (unpaired) electrons. The van der Waals surface area contributed by atoms with Crippen molar-refractivity contribution < 1.29 is 4.79 Å². The van der Waals surface area contributed by atoms with E-state index in [1.807, 2.05) is 24.3 Å². The molecule has 0 aliphatic rings. The van der Waals surface area contributed by atoms with E-state index in [2.05, 4.69) is 31.2 Å². The molecule has 4 aromatic rings. The molecule has 2 aromatic carbocycles. The van der Waals surface area contributed by atoms with Gasteiger partial charge in [-0.15, -0.1) is 11.3 Å². The second-order valence-corrected chi connectivity index (χ2v) is 8.15. The molecule has 0 aliphatic carbocycles. The number of nitrogens with zero attached hydrogens (tertiary/aromatic N) is 2. The van der Waals surface area contributed by atoms with Gasteiger partial charge in [-0.2, -0.15) is 0 Å². The van der Waals surface area contributed by atoms with Crippen molar-refractivity contribution in [1.29, 1.82) is 0 Å². The van der Waals surface area contributed by atoms with E-state index in [9.17, 15) is 9.59 Å². The van der Waals surface area contributed by atoms with E-state index in [0.717, 1.165) is 32.9 Å². The molecule has 0 N–H and O–H groups in total. The van der Waals surface area contributed by atoms with Crippen LogP contribution in [0.3, 0.4) is 0 Å². The SMILES string of the molecule is CCc1cc2c(=O)n(CCC(C)=O)c(Cc3cccc4ccccc34)nc2s1. The molecule has 2 heterocycles. The van der Waals surface area contributed by atoms with Crippen LogP contribution in [0, 0.1) is 0 Å². The molecule has 4 nitrogen and oxygen atoms in total. The molecule has 4 rings (SSSR count). The Bertz CT molecular complexity index is 1230. The fourth-order valence-corrected chi connectivity index (χ4v) is 4.51. The number of thiophene rings is 1. The molecule has 0 saturated heterocycles. The number of aryl methyl sites for hydroxylation is 1. The number of aromatic nitrogens is 2. The van der Waals surface area contributed by atoms with Crippen LogP contribution in [0.1, 0.15) is 36.5 Å². The molecule has 5 heteroatoms. The normalized spacial score (nSPS) is 11.4. The molecule has 0 saturated carbocycles. The summed E-state index contributed by atoms with van der Waals surface area (Å²) in [6.07, 6.45) is 1.77. The predicted molar refractivity (Wildman–Crippen MR) is 115 cm³/mol. The van der Waals surface area contributed by atoms with Crippen LogP contribution in [0.5, 0.6) is 0 Å². The van der Waals surface area contributed by atoms with Crippen LogP contribution in [0.15, 0.2) is 53.3 Å². The molecule has 0 bridgehead atoms. The molecule has 0 spiro atoms. The maximum atomic E-state index is 13.2. The highest BCUT2D eigenvalue weighted by molar-refractivity contribution is 7.18. The lowest BCUT2D eigenvalue weighted by atomic mass is 10.0. The average Bonchev–Trinajstić information content (AvgIpc) is 3.11. The largest absolute Gasteiger partial charge is 0.300 e. The summed E-state index contributed by atoms with van der Waals surface area (Å²) in [7, 11) is 0. The van der Waals surface area contributed by atoms with Gasteiger partial charge in [0.2, 0.25) is 0 Å². The smallest absolute Gasteiger partial charge is 0.262 e. The van der Waals surface area contributed by atoms with Gasteiger partial charge in [0, 0.05) is 24.3 Å². The van der Waals surface area contributed by atoms with Gasteiger partial charge in [-0.1, -0.05) is 49.4 Å². The minimum Gasteiger partial charge on any atom is -0.300 e. The molecule has 0 atom stereocenters. The summed E-state index contributed by atoms with van der Waals surface area (Å²) >= 11 is 1.58. The van der Waals surface area contributed by atoms with Gasteiger partial charge in [0.15, 0.2) is 0 Å². The molecule has 142 valence electrons. The fourth-order valence-electron chi connectivity index (χ4n) is 3.53. The highest BCUT2D eigenvalue weighted by Crippen LogP contribution is 2.25. The Morgan fingerprint density at radius 2 is 1.89 bits per heavy atom. The minimum absolute atomic E-state index is 0.0440. The average molecular weight is 391 g/mol. The van der Waals surface area contributed by atoms with Crippen LogP contribution in [0.4, 0.5) is 0 Å². The van der Waals surface area contributed by atoms with Crippen molar-refractivity contribution in [1.82, 2.24) is 9.55 Å². The van der Waals surface area contributed by atoms with Gasteiger partial charge in [-0.25, -0.2) is 4.98 Å². The number of Topliss-reactive ketones (excluding diaryl/α,β-unsaturated/α-hetero) is 1. The van der Waals surface area contributed by atoms with Gasteiger partial charge in [-0.3, -0.25) is 14.2 Å². The van der Waals surface area contributed by atoms with E-state index >= 15 is 0 Å². The molecular weight excluding hydrogens is 368 g/mol. The number of rotatable bonds is 6. The zero-order valence-corrected chi connectivity index (χ0v) is 16.9. The second kappa shape index (κ2) is 7.68. The van der Waals surface area contributed by atoms with Crippen LogP contribution < -0.4 is 5.56 Å². The molecule has 2 aromatic heterocycles. The van der Waals surface area contributed by atoms with E-state index in [-0.39, 0.29) is 11.3 Å². The number of benzene rings is 2. The Kier molecular flexibility index (Phi) is 5.09. The topological polar surface area (TPSA) is 52.0 Å². The number of fused-ring (bicyclic) bond motifs is 2. The summed E-state index contributed by atoms with van der Waals surface area (Å²) in [5, 5.41) is 2.99. The van der Waals surface area contributed by atoms with Crippen molar-refractivity contribution in [2.24, 2.45) is 0 Å². The van der Waals surface area contributed by atoms with E-state index < -0.39 is 0 Å². The maximum Gasteiger partial charge on any atom is 0.262 e. The monoisotopic (exact) mass is 390 g/mol. The molecule has 0 amide bonds. The van der Waals surface area contributed by atoms with Crippen molar-refractivity contribution >= 4 is 38.1 Å². The first kappa shape index (κ1) is 18.6. The van der Waals surface area contributed by atoms with Crippen LogP contribution in [-0.4, -0.2) is 15.3 Å². The van der Waals surface area contributed by atoms with Gasteiger partial charge in [0.25, 0.3) is 5.56 Å². The Labute approximate surface area is 167 Å². The van der Waals surface area contributed by atoms with Crippen molar-refractivity contribution in [3.63, 3.8) is 0 Å². The molecule has 0 unspecified atom stereocenters. The maximum absolute atomic E-state index is 13.2. The van der Waals surface area contributed by atoms with Crippen molar-refractivity contribution in [3.8, 4) is 0 Å². The summed E-state index contributed by atoms with van der Waals surface area (Å²) in [6, 6.07) is 16.4. The quantitative estimate of drug-likeness (QED) is 0.478. The van der Waals surface area contributed by atoms with Crippen LogP contribution in [0.2, 0.25) is 0 Å². The Morgan fingerprint density at radius 3 is 2.68 bits per heavy atom. The van der Waals surface area contributed by atoms with E-state index in [0.29, 0.717) is 24.8 Å². The fraction of sp³-hybridized carbons (Fsp3) is 0.261. The first-order chi connectivity index (χ1) is 13.6. The Morgan fingerprint density at radius 1 is 1.11 bits per heavy atom. The predicted octanol–water partition coefficient (Wildman–Crippen LogP) is 4.74. The van der Waals surface area contributed by atoms with E-state index in [1.54, 1.807) is 22.8 Å². The van der Waals surface area contributed by atoms with Crippen molar-refractivity contribution in [2.45, 2.75) is 39.7 Å². The Hall–Kier alpha value is -2.79. The van der Waals surface area contributed by atoms with Gasteiger partial charge in [-0.05, 0) is 35.7 Å². The third-order valence-electron chi connectivity index (χ3n) is 5.05. The summed E-state index contributed by atoms with van der Waals surface area (Å²) in [5.41, 5.74) is 1.09. The number of carbonyl (C=O) groups is 1. The highest BCUT2D eigenvalue weighted by atomic mass is 32.1. The highest BCUT2D eigenvalue weighted by Gasteiger charge is 2.15. The van der Waals surface area contributed by atoms with Crippen LogP contribution in [-0.2, 0) is 24.2 Å². The summed E-state index contributed by atoms with van der Waals surface area (Å²) in [5.74, 6) is 0.794. The number of carbonyl (C=O) groups excluding carboxylic acids is 1. The zero-order valence-electron chi connectivity index (χ0n) is 16.1.